The topological polar surface area (TPSA) is 52.4 Å². The Hall–Kier alpha value is -1.55. The molecule has 1 aromatic rings. The molecule has 0 N–H and O–H groups in total. The highest BCUT2D eigenvalue weighted by Gasteiger charge is 2.13. The SMILES string of the molecule is COc1ccc(C=C(CC(C)C)[N+](=O)[O-])cc1Cl. The number of benzene rings is 1. The molecule has 0 bridgehead atoms. The molecule has 0 atom stereocenters. The Balaban J connectivity index is 3.04. The first-order valence-electron chi connectivity index (χ1n) is 5.62. The van der Waals surface area contributed by atoms with Crippen LogP contribution in [0.5, 0.6) is 5.75 Å². The third-order valence-electron chi connectivity index (χ3n) is 2.36. The van der Waals surface area contributed by atoms with Gasteiger partial charge in [-0.1, -0.05) is 31.5 Å². The molecular formula is C13H16ClNO3. The Kier molecular flexibility index (Phi) is 5.16. The smallest absolute Gasteiger partial charge is 0.247 e. The van der Waals surface area contributed by atoms with E-state index in [2.05, 4.69) is 0 Å². The third kappa shape index (κ3) is 4.04. The number of hydrogen-bond donors (Lipinski definition) is 0. The van der Waals surface area contributed by atoms with Crippen LogP contribution in [-0.4, -0.2) is 12.0 Å². The van der Waals surface area contributed by atoms with E-state index in [1.165, 1.54) is 7.11 Å². The van der Waals surface area contributed by atoms with E-state index in [1.54, 1.807) is 24.3 Å². The summed E-state index contributed by atoms with van der Waals surface area (Å²) in [5.74, 6) is 0.788. The first kappa shape index (κ1) is 14.5. The van der Waals surface area contributed by atoms with Gasteiger partial charge in [0.2, 0.25) is 5.70 Å². The quantitative estimate of drug-likeness (QED) is 0.599. The molecule has 0 aliphatic heterocycles. The predicted molar refractivity (Wildman–Crippen MR) is 72.4 cm³/mol. The van der Waals surface area contributed by atoms with Crippen molar-refractivity contribution >= 4 is 17.7 Å². The number of rotatable bonds is 5. The molecule has 0 saturated heterocycles. The molecule has 0 aliphatic carbocycles. The summed E-state index contributed by atoms with van der Waals surface area (Å²) in [6.45, 7) is 3.89. The highest BCUT2D eigenvalue weighted by Crippen LogP contribution is 2.26. The van der Waals surface area contributed by atoms with Crippen molar-refractivity contribution in [3.63, 3.8) is 0 Å². The lowest BCUT2D eigenvalue weighted by atomic mass is 10.1. The zero-order valence-corrected chi connectivity index (χ0v) is 11.4. The number of hydrogen-bond acceptors (Lipinski definition) is 3. The molecule has 0 unspecified atom stereocenters. The van der Waals surface area contributed by atoms with Gasteiger partial charge in [0, 0.05) is 12.5 Å². The fourth-order valence-electron chi connectivity index (χ4n) is 1.57. The van der Waals surface area contributed by atoms with Crippen LogP contribution in [0.3, 0.4) is 0 Å². The van der Waals surface area contributed by atoms with Crippen LogP contribution in [0.15, 0.2) is 23.9 Å². The number of nitro groups is 1. The van der Waals surface area contributed by atoms with Crippen LogP contribution in [-0.2, 0) is 0 Å². The average Bonchev–Trinajstić information content (AvgIpc) is 2.27. The first-order chi connectivity index (χ1) is 8.43. The third-order valence-corrected chi connectivity index (χ3v) is 2.66. The van der Waals surface area contributed by atoms with E-state index < -0.39 is 0 Å². The van der Waals surface area contributed by atoms with Gasteiger partial charge in [-0.2, -0.15) is 0 Å². The van der Waals surface area contributed by atoms with Crippen molar-refractivity contribution in [2.75, 3.05) is 7.11 Å². The highest BCUT2D eigenvalue weighted by atomic mass is 35.5. The monoisotopic (exact) mass is 269 g/mol. The van der Waals surface area contributed by atoms with Crippen LogP contribution < -0.4 is 4.74 Å². The molecule has 0 aromatic heterocycles. The van der Waals surface area contributed by atoms with Crippen LogP contribution in [0.25, 0.3) is 6.08 Å². The van der Waals surface area contributed by atoms with Gasteiger partial charge in [-0.05, 0) is 23.6 Å². The molecule has 4 nitrogen and oxygen atoms in total. The van der Waals surface area contributed by atoms with Crippen LogP contribution in [0.1, 0.15) is 25.8 Å². The van der Waals surface area contributed by atoms with Gasteiger partial charge in [0.05, 0.1) is 17.1 Å². The van der Waals surface area contributed by atoms with E-state index >= 15 is 0 Å². The molecule has 0 heterocycles. The molecule has 0 radical (unpaired) electrons. The summed E-state index contributed by atoms with van der Waals surface area (Å²) < 4.78 is 5.03. The summed E-state index contributed by atoms with van der Waals surface area (Å²) >= 11 is 5.97. The zero-order valence-electron chi connectivity index (χ0n) is 10.6. The molecule has 5 heteroatoms. The van der Waals surface area contributed by atoms with E-state index in [1.807, 2.05) is 13.8 Å². The van der Waals surface area contributed by atoms with E-state index in [-0.39, 0.29) is 16.5 Å². The Morgan fingerprint density at radius 1 is 1.56 bits per heavy atom. The lowest BCUT2D eigenvalue weighted by molar-refractivity contribution is -0.427. The Labute approximate surface area is 111 Å². The minimum Gasteiger partial charge on any atom is -0.495 e. The lowest BCUT2D eigenvalue weighted by Gasteiger charge is -2.05. The molecule has 0 saturated carbocycles. The highest BCUT2D eigenvalue weighted by molar-refractivity contribution is 6.32. The summed E-state index contributed by atoms with van der Waals surface area (Å²) in [4.78, 5) is 10.6. The normalized spacial score (nSPS) is 11.7. The largest absolute Gasteiger partial charge is 0.495 e. The molecule has 0 aliphatic rings. The Morgan fingerprint density at radius 3 is 2.67 bits per heavy atom. The van der Waals surface area contributed by atoms with Gasteiger partial charge in [0.15, 0.2) is 0 Å². The number of halogens is 1. The molecule has 18 heavy (non-hydrogen) atoms. The van der Waals surface area contributed by atoms with Gasteiger partial charge < -0.3 is 4.74 Å². The maximum atomic E-state index is 10.9. The minimum atomic E-state index is -0.349. The van der Waals surface area contributed by atoms with Crippen molar-refractivity contribution in [2.45, 2.75) is 20.3 Å². The molecule has 0 amide bonds. The molecule has 0 fully saturated rings. The van der Waals surface area contributed by atoms with Crippen molar-refractivity contribution in [2.24, 2.45) is 5.92 Å². The van der Waals surface area contributed by atoms with Crippen LogP contribution in [0.2, 0.25) is 5.02 Å². The maximum absolute atomic E-state index is 10.9. The number of nitrogens with zero attached hydrogens (tertiary/aromatic N) is 1. The fraction of sp³-hybridized carbons (Fsp3) is 0.385. The predicted octanol–water partition coefficient (Wildman–Crippen LogP) is 4.01. The number of methoxy groups -OCH3 is 1. The molecule has 1 aromatic carbocycles. The summed E-state index contributed by atoms with van der Waals surface area (Å²) in [6, 6.07) is 5.10. The van der Waals surface area contributed by atoms with E-state index in [0.29, 0.717) is 22.8 Å². The van der Waals surface area contributed by atoms with E-state index in [0.717, 1.165) is 0 Å². The van der Waals surface area contributed by atoms with Gasteiger partial charge in [-0.25, -0.2) is 0 Å². The maximum Gasteiger partial charge on any atom is 0.247 e. The molecular weight excluding hydrogens is 254 g/mol. The van der Waals surface area contributed by atoms with Gasteiger partial charge >= 0.3 is 0 Å². The Morgan fingerprint density at radius 2 is 2.22 bits per heavy atom. The Bertz CT molecular complexity index is 469. The van der Waals surface area contributed by atoms with Gasteiger partial charge in [0.25, 0.3) is 0 Å². The van der Waals surface area contributed by atoms with Crippen molar-refractivity contribution in [1.82, 2.24) is 0 Å². The van der Waals surface area contributed by atoms with Gasteiger partial charge in [-0.3, -0.25) is 10.1 Å². The second-order valence-electron chi connectivity index (χ2n) is 4.38. The second-order valence-corrected chi connectivity index (χ2v) is 4.79. The van der Waals surface area contributed by atoms with Crippen molar-refractivity contribution < 1.29 is 9.66 Å². The summed E-state index contributed by atoms with van der Waals surface area (Å²) in [5.41, 5.74) is 0.888. The minimum absolute atomic E-state index is 0.186. The average molecular weight is 270 g/mol. The molecule has 98 valence electrons. The number of ether oxygens (including phenoxy) is 1. The standard InChI is InChI=1S/C13H16ClNO3/c1-9(2)6-11(15(16)17)7-10-4-5-13(18-3)12(14)8-10/h4-5,7-9H,6H2,1-3H3. The van der Waals surface area contributed by atoms with Crippen LogP contribution in [0.4, 0.5) is 0 Å². The van der Waals surface area contributed by atoms with Gasteiger partial charge in [-0.15, -0.1) is 0 Å². The van der Waals surface area contributed by atoms with Crippen molar-refractivity contribution in [1.29, 1.82) is 0 Å². The van der Waals surface area contributed by atoms with Gasteiger partial charge in [0.1, 0.15) is 5.75 Å². The lowest BCUT2D eigenvalue weighted by Crippen LogP contribution is -2.02. The first-order valence-corrected chi connectivity index (χ1v) is 6.00. The number of allylic oxidation sites excluding steroid dienone is 1. The summed E-state index contributed by atoms with van der Waals surface area (Å²) in [5, 5.41) is 11.4. The van der Waals surface area contributed by atoms with Crippen LogP contribution in [0, 0.1) is 16.0 Å². The summed E-state index contributed by atoms with van der Waals surface area (Å²) in [7, 11) is 1.53. The molecule has 1 rings (SSSR count). The second kappa shape index (κ2) is 6.40. The fourth-order valence-corrected chi connectivity index (χ4v) is 1.84. The van der Waals surface area contributed by atoms with Crippen molar-refractivity contribution in [3.05, 3.63) is 44.6 Å². The summed E-state index contributed by atoms with van der Waals surface area (Å²) in [6.07, 6.45) is 1.97. The van der Waals surface area contributed by atoms with Crippen molar-refractivity contribution in [3.8, 4) is 5.75 Å². The zero-order chi connectivity index (χ0) is 13.7. The van der Waals surface area contributed by atoms with E-state index in [4.69, 9.17) is 16.3 Å². The molecule has 0 spiro atoms. The van der Waals surface area contributed by atoms with Crippen LogP contribution >= 0.6 is 11.6 Å². The van der Waals surface area contributed by atoms with E-state index in [9.17, 15) is 10.1 Å².